The SMILES string of the molecule is CN[C@@H](CCCCNC(=O)c1ccc(OCC(=O)C(C)C)cc1)C(=O)O. The molecule has 0 radical (unpaired) electrons. The van der Waals surface area contributed by atoms with E-state index in [2.05, 4.69) is 10.6 Å². The van der Waals surface area contributed by atoms with Crippen molar-refractivity contribution in [2.45, 2.75) is 39.2 Å². The molecule has 0 heterocycles. The van der Waals surface area contributed by atoms with Crippen LogP contribution in [0.1, 0.15) is 43.5 Å². The maximum atomic E-state index is 12.1. The number of nitrogens with one attached hydrogen (secondary N) is 2. The Balaban J connectivity index is 2.32. The molecule has 0 aromatic heterocycles. The monoisotopic (exact) mass is 364 g/mol. The largest absolute Gasteiger partial charge is 0.486 e. The molecule has 1 aromatic carbocycles. The summed E-state index contributed by atoms with van der Waals surface area (Å²) in [6.45, 7) is 4.14. The van der Waals surface area contributed by atoms with E-state index in [4.69, 9.17) is 9.84 Å². The van der Waals surface area contributed by atoms with E-state index in [9.17, 15) is 14.4 Å². The molecule has 1 aromatic rings. The molecule has 0 bridgehead atoms. The Morgan fingerprint density at radius 2 is 1.77 bits per heavy atom. The third-order valence-electron chi connectivity index (χ3n) is 3.99. The maximum absolute atomic E-state index is 12.1. The first-order valence-electron chi connectivity index (χ1n) is 8.79. The molecule has 0 aliphatic rings. The maximum Gasteiger partial charge on any atom is 0.320 e. The molecule has 7 nitrogen and oxygen atoms in total. The molecule has 144 valence electrons. The molecule has 0 spiro atoms. The number of benzene rings is 1. The van der Waals surface area contributed by atoms with Crippen molar-refractivity contribution in [2.75, 3.05) is 20.2 Å². The van der Waals surface area contributed by atoms with Gasteiger partial charge < -0.3 is 20.5 Å². The fraction of sp³-hybridized carbons (Fsp3) is 0.526. The van der Waals surface area contributed by atoms with Gasteiger partial charge in [-0.3, -0.25) is 14.4 Å². The van der Waals surface area contributed by atoms with Gasteiger partial charge in [-0.1, -0.05) is 13.8 Å². The van der Waals surface area contributed by atoms with Gasteiger partial charge in [0.25, 0.3) is 5.91 Å². The van der Waals surface area contributed by atoms with Crippen LogP contribution in [-0.4, -0.2) is 49.0 Å². The Morgan fingerprint density at radius 1 is 1.12 bits per heavy atom. The summed E-state index contributed by atoms with van der Waals surface area (Å²) in [5.74, 6) is -0.566. The standard InChI is InChI=1S/C19H28N2O5/c1-13(2)17(22)12-26-15-9-7-14(8-10-15)18(23)21-11-5-4-6-16(20-3)19(24)25/h7-10,13,16,20H,4-6,11-12H2,1-3H3,(H,21,23)(H,24,25)/t16-/m0/s1. The zero-order valence-corrected chi connectivity index (χ0v) is 15.6. The Morgan fingerprint density at radius 3 is 2.31 bits per heavy atom. The lowest BCUT2D eigenvalue weighted by molar-refractivity contribution is -0.139. The summed E-state index contributed by atoms with van der Waals surface area (Å²) in [5.41, 5.74) is 0.506. The fourth-order valence-corrected chi connectivity index (χ4v) is 2.19. The van der Waals surface area contributed by atoms with Crippen LogP contribution in [-0.2, 0) is 9.59 Å². The summed E-state index contributed by atoms with van der Waals surface area (Å²) >= 11 is 0. The first kappa shape index (κ1) is 21.6. The first-order valence-corrected chi connectivity index (χ1v) is 8.79. The van der Waals surface area contributed by atoms with Gasteiger partial charge in [-0.15, -0.1) is 0 Å². The van der Waals surface area contributed by atoms with Crippen molar-refractivity contribution in [3.05, 3.63) is 29.8 Å². The molecule has 3 N–H and O–H groups in total. The van der Waals surface area contributed by atoms with Crippen LogP contribution in [0.15, 0.2) is 24.3 Å². The fourth-order valence-electron chi connectivity index (χ4n) is 2.19. The van der Waals surface area contributed by atoms with Crippen LogP contribution in [0.5, 0.6) is 5.75 Å². The predicted molar refractivity (Wildman–Crippen MR) is 98.4 cm³/mol. The lowest BCUT2D eigenvalue weighted by Crippen LogP contribution is -2.33. The van der Waals surface area contributed by atoms with Crippen molar-refractivity contribution in [1.29, 1.82) is 0 Å². The zero-order chi connectivity index (χ0) is 19.5. The summed E-state index contributed by atoms with van der Waals surface area (Å²) in [4.78, 5) is 34.5. The molecule has 0 saturated carbocycles. The molecule has 7 heteroatoms. The molecule has 0 aliphatic carbocycles. The second-order valence-corrected chi connectivity index (χ2v) is 6.37. The van der Waals surface area contributed by atoms with Gasteiger partial charge >= 0.3 is 5.97 Å². The molecule has 0 aliphatic heterocycles. The minimum absolute atomic E-state index is 0.0210. The summed E-state index contributed by atoms with van der Waals surface area (Å²) < 4.78 is 5.39. The van der Waals surface area contributed by atoms with E-state index < -0.39 is 12.0 Å². The molecule has 1 rings (SSSR count). The smallest absolute Gasteiger partial charge is 0.320 e. The number of carboxylic acid groups (broad SMARTS) is 1. The van der Waals surface area contributed by atoms with Crippen LogP contribution >= 0.6 is 0 Å². The lowest BCUT2D eigenvalue weighted by Gasteiger charge is -2.11. The number of carbonyl (C=O) groups is 3. The van der Waals surface area contributed by atoms with Gasteiger partial charge in [0.15, 0.2) is 5.78 Å². The van der Waals surface area contributed by atoms with Gasteiger partial charge in [-0.05, 0) is 50.6 Å². The average Bonchev–Trinajstić information content (AvgIpc) is 2.62. The molecule has 0 unspecified atom stereocenters. The summed E-state index contributed by atoms with van der Waals surface area (Å²) in [7, 11) is 1.62. The van der Waals surface area contributed by atoms with Gasteiger partial charge in [-0.25, -0.2) is 0 Å². The van der Waals surface area contributed by atoms with E-state index in [1.807, 2.05) is 13.8 Å². The normalized spacial score (nSPS) is 11.8. The lowest BCUT2D eigenvalue weighted by atomic mass is 10.1. The van der Waals surface area contributed by atoms with Crippen molar-refractivity contribution < 1.29 is 24.2 Å². The van der Waals surface area contributed by atoms with E-state index in [1.54, 1.807) is 31.3 Å². The number of Topliss-reactive ketones (excluding diaryl/α,β-unsaturated/α-hetero) is 1. The molecule has 0 saturated heterocycles. The molecule has 1 amide bonds. The Hall–Kier alpha value is -2.41. The van der Waals surface area contributed by atoms with Crippen molar-refractivity contribution in [1.82, 2.24) is 10.6 Å². The number of hydrogen-bond donors (Lipinski definition) is 3. The van der Waals surface area contributed by atoms with Crippen LogP contribution in [0.4, 0.5) is 0 Å². The average molecular weight is 364 g/mol. The van der Waals surface area contributed by atoms with Crippen LogP contribution in [0, 0.1) is 5.92 Å². The predicted octanol–water partition coefficient (Wildman–Crippen LogP) is 1.86. The third-order valence-corrected chi connectivity index (χ3v) is 3.99. The number of ether oxygens (including phenoxy) is 1. The van der Waals surface area contributed by atoms with Gasteiger partial charge in [0.2, 0.25) is 0 Å². The van der Waals surface area contributed by atoms with E-state index in [1.165, 1.54) is 0 Å². The minimum Gasteiger partial charge on any atom is -0.486 e. The number of amides is 1. The van der Waals surface area contributed by atoms with Crippen molar-refractivity contribution in [3.8, 4) is 5.75 Å². The first-order chi connectivity index (χ1) is 12.3. The van der Waals surface area contributed by atoms with Crippen LogP contribution < -0.4 is 15.4 Å². The van der Waals surface area contributed by atoms with Gasteiger partial charge in [0, 0.05) is 18.0 Å². The van der Waals surface area contributed by atoms with Gasteiger partial charge in [0.05, 0.1) is 0 Å². The van der Waals surface area contributed by atoms with Crippen LogP contribution in [0.3, 0.4) is 0 Å². The van der Waals surface area contributed by atoms with E-state index in [0.717, 1.165) is 0 Å². The molecular formula is C19H28N2O5. The number of carbonyl (C=O) groups excluding carboxylic acids is 2. The van der Waals surface area contributed by atoms with Crippen molar-refractivity contribution in [3.63, 3.8) is 0 Å². The number of aliphatic carboxylic acids is 1. The van der Waals surface area contributed by atoms with Crippen LogP contribution in [0.25, 0.3) is 0 Å². The van der Waals surface area contributed by atoms with Crippen molar-refractivity contribution in [2.24, 2.45) is 5.92 Å². The molecular weight excluding hydrogens is 336 g/mol. The van der Waals surface area contributed by atoms with E-state index in [0.29, 0.717) is 37.1 Å². The third kappa shape index (κ3) is 7.65. The Kier molecular flexibility index (Phi) is 9.36. The summed E-state index contributed by atoms with van der Waals surface area (Å²) in [6, 6.07) is 6.05. The highest BCUT2D eigenvalue weighted by Crippen LogP contribution is 2.13. The van der Waals surface area contributed by atoms with E-state index in [-0.39, 0.29) is 24.2 Å². The Bertz CT molecular complexity index is 598. The minimum atomic E-state index is -0.867. The summed E-state index contributed by atoms with van der Waals surface area (Å²) in [6.07, 6.45) is 1.92. The number of ketones is 1. The number of unbranched alkanes of at least 4 members (excludes halogenated alkanes) is 1. The highest BCUT2D eigenvalue weighted by atomic mass is 16.5. The second-order valence-electron chi connectivity index (χ2n) is 6.37. The van der Waals surface area contributed by atoms with E-state index >= 15 is 0 Å². The second kappa shape index (κ2) is 11.3. The highest BCUT2D eigenvalue weighted by Gasteiger charge is 2.13. The number of rotatable bonds is 12. The zero-order valence-electron chi connectivity index (χ0n) is 15.6. The molecule has 0 fully saturated rings. The number of hydrogen-bond acceptors (Lipinski definition) is 5. The Labute approximate surface area is 154 Å². The van der Waals surface area contributed by atoms with Gasteiger partial charge in [-0.2, -0.15) is 0 Å². The van der Waals surface area contributed by atoms with Crippen molar-refractivity contribution >= 4 is 17.7 Å². The molecule has 26 heavy (non-hydrogen) atoms. The number of carboxylic acids is 1. The quantitative estimate of drug-likeness (QED) is 0.489. The van der Waals surface area contributed by atoms with Gasteiger partial charge in [0.1, 0.15) is 18.4 Å². The molecule has 1 atom stereocenters. The topological polar surface area (TPSA) is 105 Å². The van der Waals surface area contributed by atoms with Crippen LogP contribution in [0.2, 0.25) is 0 Å². The number of likely N-dealkylation sites (N-methyl/N-ethyl adjacent to an activating group) is 1. The summed E-state index contributed by atoms with van der Waals surface area (Å²) in [5, 5.41) is 14.5. The highest BCUT2D eigenvalue weighted by molar-refractivity contribution is 5.94.